The highest BCUT2D eigenvalue weighted by Crippen LogP contribution is 2.43. The van der Waals surface area contributed by atoms with Gasteiger partial charge in [-0.05, 0) is 43.5 Å². The second kappa shape index (κ2) is 14.1. The van der Waals surface area contributed by atoms with Crippen LogP contribution in [-0.2, 0) is 27.2 Å². The van der Waals surface area contributed by atoms with Crippen molar-refractivity contribution in [2.45, 2.75) is 50.4 Å². The Hall–Kier alpha value is -3.88. The van der Waals surface area contributed by atoms with Gasteiger partial charge >= 0.3 is 0 Å². The first-order chi connectivity index (χ1) is 20.1. The standard InChI is InChI=1S/C27H30N8O4S2/c1-38-11-12-39-21-9-8-20(29-16-21)15-23(37)31-27-35-33-25(41-27)18-6-4-5-17(13-18)24-32-34-26(40-24)30-22(36)14-19-7-2-3-10-28-19/h2-3,7-10,16-18H,4-6,11-15H2,1H3,(H,30,34,36)(H,31,35,37)/t17-,18-/m0/s1. The molecule has 1 aliphatic carbocycles. The molecule has 214 valence electrons. The van der Waals surface area contributed by atoms with Crippen LogP contribution in [0.5, 0.6) is 5.75 Å². The summed E-state index contributed by atoms with van der Waals surface area (Å²) < 4.78 is 10.5. The lowest BCUT2D eigenvalue weighted by atomic mass is 9.82. The van der Waals surface area contributed by atoms with Gasteiger partial charge in [0.2, 0.25) is 22.1 Å². The zero-order valence-electron chi connectivity index (χ0n) is 22.5. The highest BCUT2D eigenvalue weighted by Gasteiger charge is 2.29. The number of aromatic nitrogens is 6. The molecule has 2 atom stereocenters. The van der Waals surface area contributed by atoms with Gasteiger partial charge in [-0.25, -0.2) is 0 Å². The van der Waals surface area contributed by atoms with Gasteiger partial charge in [0.25, 0.3) is 0 Å². The summed E-state index contributed by atoms with van der Waals surface area (Å²) in [6.45, 7) is 0.929. The number of rotatable bonds is 12. The molecule has 2 amide bonds. The van der Waals surface area contributed by atoms with Crippen LogP contribution in [0.25, 0.3) is 0 Å². The Labute approximate surface area is 245 Å². The summed E-state index contributed by atoms with van der Waals surface area (Å²) in [6, 6.07) is 9.03. The van der Waals surface area contributed by atoms with E-state index < -0.39 is 0 Å². The lowest BCUT2D eigenvalue weighted by Crippen LogP contribution is -2.15. The maximum Gasteiger partial charge on any atom is 0.232 e. The fraction of sp³-hybridized carbons (Fsp3) is 0.407. The van der Waals surface area contributed by atoms with Gasteiger partial charge in [0.05, 0.1) is 25.6 Å². The van der Waals surface area contributed by atoms with Gasteiger partial charge in [0.15, 0.2) is 0 Å². The number of anilines is 2. The SMILES string of the molecule is COCCOc1ccc(CC(=O)Nc2nnc([C@H]3CCC[C@H](c4nnc(NC(=O)Cc5ccccn5)s4)C3)s2)nc1. The fourth-order valence-corrected chi connectivity index (χ4v) is 6.35. The molecule has 4 aromatic heterocycles. The molecule has 0 bridgehead atoms. The van der Waals surface area contributed by atoms with Crippen molar-refractivity contribution in [2.75, 3.05) is 31.0 Å². The van der Waals surface area contributed by atoms with Gasteiger partial charge < -0.3 is 20.1 Å². The third-order valence-corrected chi connectivity index (χ3v) is 8.51. The largest absolute Gasteiger partial charge is 0.490 e. The number of ether oxygens (including phenoxy) is 2. The van der Waals surface area contributed by atoms with Crippen molar-refractivity contribution >= 4 is 44.8 Å². The summed E-state index contributed by atoms with van der Waals surface area (Å²) in [5.41, 5.74) is 1.33. The Balaban J connectivity index is 1.11. The third-order valence-electron chi connectivity index (χ3n) is 6.51. The maximum atomic E-state index is 12.6. The number of carbonyl (C=O) groups excluding carboxylic acids is 2. The number of amides is 2. The zero-order valence-corrected chi connectivity index (χ0v) is 24.1. The smallest absolute Gasteiger partial charge is 0.232 e. The Morgan fingerprint density at radius 1 is 0.854 bits per heavy atom. The van der Waals surface area contributed by atoms with Crippen LogP contribution in [0.1, 0.15) is 58.9 Å². The Bertz CT molecular complexity index is 1430. The van der Waals surface area contributed by atoms with Crippen LogP contribution in [0.2, 0.25) is 0 Å². The van der Waals surface area contributed by atoms with Crippen molar-refractivity contribution in [1.29, 1.82) is 0 Å². The summed E-state index contributed by atoms with van der Waals surface area (Å²) in [5.74, 6) is 0.690. The van der Waals surface area contributed by atoms with E-state index in [1.54, 1.807) is 31.6 Å². The molecule has 2 N–H and O–H groups in total. The topological polar surface area (TPSA) is 154 Å². The molecule has 0 spiro atoms. The van der Waals surface area contributed by atoms with Crippen molar-refractivity contribution in [3.8, 4) is 5.75 Å². The molecular formula is C27H30N8O4S2. The van der Waals surface area contributed by atoms with E-state index in [0.29, 0.717) is 40.6 Å². The van der Waals surface area contributed by atoms with E-state index in [1.807, 2.05) is 18.2 Å². The van der Waals surface area contributed by atoms with Gasteiger partial charge in [-0.2, -0.15) is 0 Å². The average molecular weight is 595 g/mol. The van der Waals surface area contributed by atoms with E-state index in [2.05, 4.69) is 41.0 Å². The minimum atomic E-state index is -0.207. The first kappa shape index (κ1) is 28.6. The Kier molecular flexibility index (Phi) is 9.88. The molecule has 4 heterocycles. The van der Waals surface area contributed by atoms with E-state index in [9.17, 15) is 9.59 Å². The minimum Gasteiger partial charge on any atom is -0.490 e. The van der Waals surface area contributed by atoms with Crippen molar-refractivity contribution in [3.05, 3.63) is 64.1 Å². The van der Waals surface area contributed by atoms with E-state index in [-0.39, 0.29) is 36.5 Å². The molecule has 0 aliphatic heterocycles. The van der Waals surface area contributed by atoms with Gasteiger partial charge in [-0.3, -0.25) is 19.6 Å². The number of pyridine rings is 2. The zero-order chi connectivity index (χ0) is 28.4. The monoisotopic (exact) mass is 594 g/mol. The van der Waals surface area contributed by atoms with Crippen LogP contribution in [-0.4, -0.2) is 62.5 Å². The molecule has 0 aromatic carbocycles. The summed E-state index contributed by atoms with van der Waals surface area (Å²) >= 11 is 2.81. The van der Waals surface area contributed by atoms with Crippen molar-refractivity contribution in [1.82, 2.24) is 30.4 Å². The van der Waals surface area contributed by atoms with Crippen LogP contribution in [0.4, 0.5) is 10.3 Å². The van der Waals surface area contributed by atoms with E-state index in [0.717, 1.165) is 35.7 Å². The quantitative estimate of drug-likeness (QED) is 0.230. The van der Waals surface area contributed by atoms with E-state index in [4.69, 9.17) is 9.47 Å². The molecule has 12 nitrogen and oxygen atoms in total. The second-order valence-corrected chi connectivity index (χ2v) is 11.6. The summed E-state index contributed by atoms with van der Waals surface area (Å²) in [5, 5.41) is 25.6. The van der Waals surface area contributed by atoms with Gasteiger partial charge in [0.1, 0.15) is 22.4 Å². The third kappa shape index (κ3) is 8.31. The first-order valence-corrected chi connectivity index (χ1v) is 14.9. The predicted molar refractivity (Wildman–Crippen MR) is 154 cm³/mol. The van der Waals surface area contributed by atoms with Crippen molar-refractivity contribution < 1.29 is 19.1 Å². The molecule has 0 saturated heterocycles. The van der Waals surface area contributed by atoms with Crippen LogP contribution in [0, 0.1) is 0 Å². The Morgan fingerprint density at radius 2 is 1.51 bits per heavy atom. The number of nitrogens with zero attached hydrogens (tertiary/aromatic N) is 6. The maximum absolute atomic E-state index is 12.6. The summed E-state index contributed by atoms with van der Waals surface area (Å²) in [7, 11) is 1.61. The first-order valence-electron chi connectivity index (χ1n) is 13.3. The second-order valence-electron chi connectivity index (χ2n) is 9.55. The molecule has 1 fully saturated rings. The highest BCUT2D eigenvalue weighted by atomic mass is 32.1. The Morgan fingerprint density at radius 3 is 2.07 bits per heavy atom. The molecule has 14 heteroatoms. The van der Waals surface area contributed by atoms with Crippen LogP contribution < -0.4 is 15.4 Å². The van der Waals surface area contributed by atoms with Crippen molar-refractivity contribution in [3.63, 3.8) is 0 Å². The number of nitrogens with one attached hydrogen (secondary N) is 2. The highest BCUT2D eigenvalue weighted by molar-refractivity contribution is 7.15. The molecule has 1 aliphatic rings. The molecule has 1 saturated carbocycles. The lowest BCUT2D eigenvalue weighted by molar-refractivity contribution is -0.116. The number of carbonyl (C=O) groups is 2. The van der Waals surface area contributed by atoms with Gasteiger partial charge in [-0.1, -0.05) is 35.2 Å². The lowest BCUT2D eigenvalue weighted by Gasteiger charge is -2.25. The molecular weight excluding hydrogens is 564 g/mol. The number of hydrogen-bond acceptors (Lipinski definition) is 12. The average Bonchev–Trinajstić information content (AvgIpc) is 3.65. The molecule has 4 aromatic rings. The summed E-state index contributed by atoms with van der Waals surface area (Å²) in [6.07, 6.45) is 7.45. The number of hydrogen-bond donors (Lipinski definition) is 2. The van der Waals surface area contributed by atoms with Gasteiger partial charge in [0, 0.05) is 36.5 Å². The van der Waals surface area contributed by atoms with E-state index in [1.165, 1.54) is 22.7 Å². The predicted octanol–water partition coefficient (Wildman–Crippen LogP) is 4.01. The van der Waals surface area contributed by atoms with Crippen LogP contribution in [0.15, 0.2) is 42.7 Å². The molecule has 41 heavy (non-hydrogen) atoms. The molecule has 0 radical (unpaired) electrons. The van der Waals surface area contributed by atoms with Gasteiger partial charge in [-0.15, -0.1) is 20.4 Å². The minimum absolute atomic E-state index is 0.122. The number of methoxy groups -OCH3 is 1. The molecule has 5 rings (SSSR count). The van der Waals surface area contributed by atoms with E-state index >= 15 is 0 Å². The fourth-order valence-electron chi connectivity index (χ4n) is 4.54. The van der Waals surface area contributed by atoms with Crippen LogP contribution in [0.3, 0.4) is 0 Å². The molecule has 0 unspecified atom stereocenters. The van der Waals surface area contributed by atoms with Crippen molar-refractivity contribution in [2.24, 2.45) is 0 Å². The van der Waals surface area contributed by atoms with Crippen LogP contribution >= 0.6 is 22.7 Å². The summed E-state index contributed by atoms with van der Waals surface area (Å²) in [4.78, 5) is 33.4. The normalized spacial score (nSPS) is 16.7.